The highest BCUT2D eigenvalue weighted by molar-refractivity contribution is 7.89. The summed E-state index contributed by atoms with van der Waals surface area (Å²) in [6.07, 6.45) is 1.47. The largest absolute Gasteiger partial charge is 0.493 e. The molecule has 1 fully saturated rings. The number of piperazine rings is 1. The number of nitrogens with zero attached hydrogens (tertiary/aromatic N) is 5. The van der Waals surface area contributed by atoms with Crippen molar-refractivity contribution in [2.24, 2.45) is 0 Å². The Bertz CT molecular complexity index is 1420. The van der Waals surface area contributed by atoms with Crippen LogP contribution in [0, 0.1) is 6.92 Å². The highest BCUT2D eigenvalue weighted by atomic mass is 32.2. The van der Waals surface area contributed by atoms with Crippen LogP contribution in [-0.4, -0.2) is 75.9 Å². The maximum absolute atomic E-state index is 13.4. The lowest BCUT2D eigenvalue weighted by Gasteiger charge is -2.33. The van der Waals surface area contributed by atoms with Gasteiger partial charge in [-0.15, -0.1) is 5.10 Å². The molecular weight excluding hydrogens is 472 g/mol. The SMILES string of the molecule is CCCc1nc(C)c2c(=O)[nH]c(-c3cc(S(=O)(=O)N4CCN(C(C)=O)CC4)ccc3OCC)nn12. The molecule has 1 aliphatic heterocycles. The smallest absolute Gasteiger partial charge is 0.277 e. The highest BCUT2D eigenvalue weighted by Crippen LogP contribution is 2.31. The molecule has 3 heterocycles. The molecule has 0 saturated carbocycles. The minimum Gasteiger partial charge on any atom is -0.493 e. The van der Waals surface area contributed by atoms with Gasteiger partial charge in [0.15, 0.2) is 11.3 Å². The molecular formula is C23H30N6O5S. The number of rotatable bonds is 7. The molecule has 1 aromatic carbocycles. The van der Waals surface area contributed by atoms with E-state index in [0.717, 1.165) is 6.42 Å². The van der Waals surface area contributed by atoms with Gasteiger partial charge in [0.05, 0.1) is 22.8 Å². The monoisotopic (exact) mass is 502 g/mol. The molecule has 1 amide bonds. The van der Waals surface area contributed by atoms with E-state index in [2.05, 4.69) is 15.1 Å². The van der Waals surface area contributed by atoms with Crippen LogP contribution in [0.3, 0.4) is 0 Å². The standard InChI is InChI=1S/C23H30N6O5S/c1-5-7-20-24-15(3)21-23(31)25-22(26-29(20)21)18-14-17(8-9-19(18)34-6-2)35(32,33)28-12-10-27(11-13-28)16(4)30/h8-9,14H,5-7,10-13H2,1-4H3,(H,25,26,31). The lowest BCUT2D eigenvalue weighted by atomic mass is 10.2. The summed E-state index contributed by atoms with van der Waals surface area (Å²) in [5.74, 6) is 1.19. The predicted octanol–water partition coefficient (Wildman–Crippen LogP) is 1.60. The zero-order valence-corrected chi connectivity index (χ0v) is 21.2. The topological polar surface area (TPSA) is 130 Å². The Morgan fingerprint density at radius 1 is 1.17 bits per heavy atom. The molecule has 0 atom stereocenters. The van der Waals surface area contributed by atoms with Gasteiger partial charge in [-0.05, 0) is 38.5 Å². The summed E-state index contributed by atoms with van der Waals surface area (Å²) >= 11 is 0. The van der Waals surface area contributed by atoms with Crippen LogP contribution in [0.1, 0.15) is 38.7 Å². The van der Waals surface area contributed by atoms with Gasteiger partial charge < -0.3 is 14.6 Å². The Morgan fingerprint density at radius 2 is 1.89 bits per heavy atom. The third kappa shape index (κ3) is 4.67. The fraction of sp³-hybridized carbons (Fsp3) is 0.478. The first kappa shape index (κ1) is 24.9. The number of H-pyrrole nitrogens is 1. The van der Waals surface area contributed by atoms with E-state index in [-0.39, 0.29) is 35.3 Å². The third-order valence-corrected chi connectivity index (χ3v) is 7.94. The van der Waals surface area contributed by atoms with Crippen LogP contribution in [-0.2, 0) is 21.2 Å². The van der Waals surface area contributed by atoms with Crippen molar-refractivity contribution >= 4 is 21.4 Å². The molecule has 0 radical (unpaired) electrons. The minimum atomic E-state index is -3.84. The molecule has 188 valence electrons. The summed E-state index contributed by atoms with van der Waals surface area (Å²) in [4.78, 5) is 33.5. The molecule has 4 rings (SSSR count). The fourth-order valence-corrected chi connectivity index (χ4v) is 5.72. The van der Waals surface area contributed by atoms with Crippen molar-refractivity contribution in [3.63, 3.8) is 0 Å². The van der Waals surface area contributed by atoms with Gasteiger partial charge in [0.2, 0.25) is 15.9 Å². The van der Waals surface area contributed by atoms with E-state index in [1.807, 2.05) is 13.8 Å². The second-order valence-corrected chi connectivity index (χ2v) is 10.4. The number of hydrogen-bond donors (Lipinski definition) is 1. The number of benzene rings is 1. The highest BCUT2D eigenvalue weighted by Gasteiger charge is 2.30. The molecule has 0 aliphatic carbocycles. The van der Waals surface area contributed by atoms with Crippen LogP contribution in [0.4, 0.5) is 0 Å². The van der Waals surface area contributed by atoms with E-state index in [0.29, 0.717) is 54.5 Å². The zero-order chi connectivity index (χ0) is 25.3. The number of sulfonamides is 1. The number of hydrogen-bond acceptors (Lipinski definition) is 7. The number of fused-ring (bicyclic) bond motifs is 1. The van der Waals surface area contributed by atoms with Crippen LogP contribution in [0.25, 0.3) is 16.9 Å². The molecule has 35 heavy (non-hydrogen) atoms. The van der Waals surface area contributed by atoms with Crippen LogP contribution >= 0.6 is 0 Å². The second kappa shape index (κ2) is 9.78. The summed E-state index contributed by atoms with van der Waals surface area (Å²) in [6, 6.07) is 4.54. The van der Waals surface area contributed by atoms with Crippen molar-refractivity contribution < 1.29 is 17.9 Å². The number of nitrogens with one attached hydrogen (secondary N) is 1. The van der Waals surface area contributed by atoms with Gasteiger partial charge in [0, 0.05) is 39.5 Å². The summed E-state index contributed by atoms with van der Waals surface area (Å²) in [5.41, 5.74) is 0.948. The Labute approximate surface area is 203 Å². The van der Waals surface area contributed by atoms with Crippen molar-refractivity contribution in [3.05, 3.63) is 40.1 Å². The van der Waals surface area contributed by atoms with Crippen molar-refractivity contribution in [1.29, 1.82) is 0 Å². The van der Waals surface area contributed by atoms with Crippen molar-refractivity contribution in [2.75, 3.05) is 32.8 Å². The second-order valence-electron chi connectivity index (χ2n) is 8.43. The predicted molar refractivity (Wildman–Crippen MR) is 130 cm³/mol. The Hall–Kier alpha value is -3.25. The van der Waals surface area contributed by atoms with Gasteiger partial charge in [0.25, 0.3) is 5.56 Å². The molecule has 1 saturated heterocycles. The fourth-order valence-electron chi connectivity index (χ4n) is 4.27. The van der Waals surface area contributed by atoms with Gasteiger partial charge in [-0.1, -0.05) is 6.92 Å². The van der Waals surface area contributed by atoms with Gasteiger partial charge >= 0.3 is 0 Å². The normalized spacial score (nSPS) is 15.0. The maximum Gasteiger partial charge on any atom is 0.277 e. The molecule has 0 unspecified atom stereocenters. The number of aryl methyl sites for hydroxylation is 2. The summed E-state index contributed by atoms with van der Waals surface area (Å²) in [6.45, 7) is 8.51. The lowest BCUT2D eigenvalue weighted by molar-refractivity contribution is -0.129. The first-order valence-electron chi connectivity index (χ1n) is 11.7. The van der Waals surface area contributed by atoms with Crippen LogP contribution in [0.5, 0.6) is 5.75 Å². The average Bonchev–Trinajstić information content (AvgIpc) is 3.15. The quantitative estimate of drug-likeness (QED) is 0.519. The first-order chi connectivity index (χ1) is 16.7. The molecule has 12 heteroatoms. The number of amides is 1. The molecule has 0 bridgehead atoms. The van der Waals surface area contributed by atoms with Crippen LogP contribution in [0.15, 0.2) is 27.9 Å². The molecule has 11 nitrogen and oxygen atoms in total. The van der Waals surface area contributed by atoms with Gasteiger partial charge in [0.1, 0.15) is 11.6 Å². The van der Waals surface area contributed by atoms with Gasteiger partial charge in [-0.25, -0.2) is 17.9 Å². The minimum absolute atomic E-state index is 0.0607. The van der Waals surface area contributed by atoms with Crippen molar-refractivity contribution in [2.45, 2.75) is 45.4 Å². The Balaban J connectivity index is 1.80. The van der Waals surface area contributed by atoms with Gasteiger partial charge in [-0.3, -0.25) is 9.59 Å². The number of aromatic nitrogens is 4. The average molecular weight is 503 g/mol. The number of imidazole rings is 1. The molecule has 2 aromatic heterocycles. The van der Waals surface area contributed by atoms with E-state index in [1.54, 1.807) is 17.9 Å². The van der Waals surface area contributed by atoms with E-state index < -0.39 is 10.0 Å². The number of carbonyl (C=O) groups excluding carboxylic acids is 1. The van der Waals surface area contributed by atoms with Crippen LogP contribution in [0.2, 0.25) is 0 Å². The van der Waals surface area contributed by atoms with Crippen LogP contribution < -0.4 is 10.3 Å². The summed E-state index contributed by atoms with van der Waals surface area (Å²) in [7, 11) is -3.84. The van der Waals surface area contributed by atoms with E-state index >= 15 is 0 Å². The lowest BCUT2D eigenvalue weighted by Crippen LogP contribution is -2.49. The number of aromatic amines is 1. The van der Waals surface area contributed by atoms with Crippen molar-refractivity contribution in [1.82, 2.24) is 28.8 Å². The van der Waals surface area contributed by atoms with E-state index in [4.69, 9.17) is 4.74 Å². The molecule has 1 aliphatic rings. The molecule has 0 spiro atoms. The molecule has 3 aromatic rings. The van der Waals surface area contributed by atoms with Gasteiger partial charge in [-0.2, -0.15) is 4.31 Å². The van der Waals surface area contributed by atoms with Crippen molar-refractivity contribution in [3.8, 4) is 17.1 Å². The summed E-state index contributed by atoms with van der Waals surface area (Å²) in [5, 5.41) is 4.62. The zero-order valence-electron chi connectivity index (χ0n) is 20.4. The third-order valence-electron chi connectivity index (χ3n) is 6.04. The first-order valence-corrected chi connectivity index (χ1v) is 13.1. The van der Waals surface area contributed by atoms with E-state index in [1.165, 1.54) is 27.9 Å². The maximum atomic E-state index is 13.4. The van der Waals surface area contributed by atoms with E-state index in [9.17, 15) is 18.0 Å². The molecule has 1 N–H and O–H groups in total. The Kier molecular flexibility index (Phi) is 6.95. The number of ether oxygens (including phenoxy) is 1. The summed E-state index contributed by atoms with van der Waals surface area (Å²) < 4.78 is 35.5. The Morgan fingerprint density at radius 3 is 2.51 bits per heavy atom. The number of carbonyl (C=O) groups is 1.